The Morgan fingerprint density at radius 2 is 0.629 bits per heavy atom. The van der Waals surface area contributed by atoms with Gasteiger partial charge >= 0.3 is 0 Å². The molecule has 0 N–H and O–H groups in total. The Morgan fingerprint density at radius 3 is 1.24 bits per heavy atom. The molecule has 0 bridgehead atoms. The minimum Gasteiger partial charge on any atom is -0.309 e. The number of rotatable bonds is 8. The van der Waals surface area contributed by atoms with Gasteiger partial charge in [-0.1, -0.05) is 206 Å². The van der Waals surface area contributed by atoms with Crippen molar-refractivity contribution in [2.24, 2.45) is 0 Å². The maximum atomic E-state index is 2.50. The fourth-order valence-electron chi connectivity index (χ4n) is 11.9. The van der Waals surface area contributed by atoms with Gasteiger partial charge in [-0.15, -0.1) is 0 Å². The summed E-state index contributed by atoms with van der Waals surface area (Å²) in [5, 5.41) is 12.9. The van der Waals surface area contributed by atoms with E-state index in [2.05, 4.69) is 287 Å². The van der Waals surface area contributed by atoms with E-state index in [4.69, 9.17) is 0 Å². The summed E-state index contributed by atoms with van der Waals surface area (Å²) in [6.45, 7) is 0. The van der Waals surface area contributed by atoms with E-state index >= 15 is 0 Å². The molecule has 328 valence electrons. The second-order valence-electron chi connectivity index (χ2n) is 18.4. The predicted molar refractivity (Wildman–Crippen MR) is 299 cm³/mol. The summed E-state index contributed by atoms with van der Waals surface area (Å²) < 4.78 is 7.39. The van der Waals surface area contributed by atoms with Crippen molar-refractivity contribution < 1.29 is 0 Å². The maximum Gasteiger partial charge on any atom is 0.179 e. The van der Waals surface area contributed by atoms with Crippen LogP contribution in [-0.2, 0) is 0 Å². The van der Waals surface area contributed by atoms with Crippen LogP contribution >= 0.6 is 0 Å². The Bertz CT molecular complexity index is 4180. The molecule has 14 aromatic rings. The monoisotopic (exact) mass is 907 g/mol. The molecule has 0 aliphatic rings. The molecular weight excluding hydrogens is 863 g/mol. The molecule has 70 heavy (non-hydrogen) atoms. The molecule has 3 heterocycles. The number of nitrogens with zero attached hydrogens (tertiary/aromatic N) is 3. The quantitative estimate of drug-likeness (QED) is 0.107. The molecule has 0 spiro atoms. The summed E-state index contributed by atoms with van der Waals surface area (Å²) in [6.07, 6.45) is 0. The first kappa shape index (κ1) is 40.1. The smallest absolute Gasteiger partial charge is 0.179 e. The van der Waals surface area contributed by atoms with Gasteiger partial charge in [-0.3, -0.25) is 0 Å². The Hall–Kier alpha value is -8.96. The van der Waals surface area contributed by atoms with E-state index in [1.54, 1.807) is 0 Å². The molecule has 11 aromatic carbocycles. The van der Waals surface area contributed by atoms with E-state index in [0.717, 1.165) is 17.1 Å². The molecule has 14 rings (SSSR count). The van der Waals surface area contributed by atoms with Crippen LogP contribution in [-0.4, -0.2) is 21.8 Å². The normalized spacial score (nSPS) is 12.0. The van der Waals surface area contributed by atoms with Crippen LogP contribution < -0.4 is 20.7 Å². The zero-order valence-corrected chi connectivity index (χ0v) is 39.3. The minimum atomic E-state index is -2.79. The number of para-hydroxylation sites is 4. The molecule has 0 aliphatic carbocycles. The van der Waals surface area contributed by atoms with Crippen LogP contribution in [0.25, 0.3) is 93.6 Å². The minimum absolute atomic E-state index is 1.12. The Balaban J connectivity index is 0.987. The molecule has 0 saturated carbocycles. The van der Waals surface area contributed by atoms with E-state index in [1.807, 2.05) is 0 Å². The Labute approximate surface area is 407 Å². The largest absolute Gasteiger partial charge is 0.309 e. The summed E-state index contributed by atoms with van der Waals surface area (Å²) in [5.74, 6) is 0. The van der Waals surface area contributed by atoms with E-state index in [0.29, 0.717) is 0 Å². The number of hydrogen-bond acceptors (Lipinski definition) is 0. The van der Waals surface area contributed by atoms with Gasteiger partial charge in [0.05, 0.1) is 33.1 Å². The maximum absolute atomic E-state index is 2.79. The van der Waals surface area contributed by atoms with Crippen molar-refractivity contribution in [2.75, 3.05) is 0 Å². The molecule has 0 atom stereocenters. The molecule has 3 aromatic heterocycles. The SMILES string of the molecule is c1ccc(-n2c3ccccc3c3ccc(-c4cccc5c4c4ccccc4n5-c4ccc5c6ccccc6n(-c6cccc([Si](c7ccccc7)(c7ccccc7)c7ccccc7)c6)c5c4)cc32)cc1. The van der Waals surface area contributed by atoms with Gasteiger partial charge in [0.25, 0.3) is 0 Å². The number of benzene rings is 11. The van der Waals surface area contributed by atoms with E-state index < -0.39 is 8.07 Å². The Morgan fingerprint density at radius 1 is 0.229 bits per heavy atom. The highest BCUT2D eigenvalue weighted by molar-refractivity contribution is 7.19. The lowest BCUT2D eigenvalue weighted by Gasteiger charge is -2.34. The van der Waals surface area contributed by atoms with Gasteiger partial charge in [0.1, 0.15) is 0 Å². The summed E-state index contributed by atoms with van der Waals surface area (Å²) in [6, 6.07) is 101. The molecule has 0 unspecified atom stereocenters. The zero-order valence-electron chi connectivity index (χ0n) is 38.3. The van der Waals surface area contributed by atoms with Crippen LogP contribution in [0.2, 0.25) is 0 Å². The summed E-state index contributed by atoms with van der Waals surface area (Å²) >= 11 is 0. The second-order valence-corrected chi connectivity index (χ2v) is 22.2. The first-order valence-corrected chi connectivity index (χ1v) is 26.2. The van der Waals surface area contributed by atoms with Crippen molar-refractivity contribution in [3.63, 3.8) is 0 Å². The molecule has 0 aliphatic heterocycles. The fourth-order valence-corrected chi connectivity index (χ4v) is 16.6. The van der Waals surface area contributed by atoms with Gasteiger partial charge < -0.3 is 13.7 Å². The van der Waals surface area contributed by atoms with E-state index in [9.17, 15) is 0 Å². The summed E-state index contributed by atoms with van der Waals surface area (Å²) in [5.41, 5.74) is 13.0. The highest BCUT2D eigenvalue weighted by Gasteiger charge is 2.41. The molecule has 0 saturated heterocycles. The summed E-state index contributed by atoms with van der Waals surface area (Å²) in [4.78, 5) is 0. The molecule has 4 heteroatoms. The lowest BCUT2D eigenvalue weighted by Crippen LogP contribution is -2.74. The van der Waals surface area contributed by atoms with Crippen LogP contribution in [0.15, 0.2) is 273 Å². The number of fused-ring (bicyclic) bond motifs is 9. The third-order valence-corrected chi connectivity index (χ3v) is 19.5. The van der Waals surface area contributed by atoms with Crippen LogP contribution in [0.1, 0.15) is 0 Å². The first-order valence-electron chi connectivity index (χ1n) is 24.2. The van der Waals surface area contributed by atoms with Crippen LogP contribution in [0, 0.1) is 0 Å². The molecule has 3 nitrogen and oxygen atoms in total. The molecule has 0 amide bonds. The van der Waals surface area contributed by atoms with Gasteiger partial charge in [0.15, 0.2) is 8.07 Å². The van der Waals surface area contributed by atoms with Crippen LogP contribution in [0.5, 0.6) is 0 Å². The Kier molecular flexibility index (Phi) is 9.23. The van der Waals surface area contributed by atoms with Crippen molar-refractivity contribution in [3.8, 4) is 28.2 Å². The van der Waals surface area contributed by atoms with Crippen LogP contribution in [0.3, 0.4) is 0 Å². The molecule has 0 radical (unpaired) electrons. The number of aromatic nitrogens is 3. The topological polar surface area (TPSA) is 14.8 Å². The fraction of sp³-hybridized carbons (Fsp3) is 0. The van der Waals surface area contributed by atoms with Crippen molar-refractivity contribution in [2.45, 2.75) is 0 Å². The van der Waals surface area contributed by atoms with Crippen LogP contribution in [0.4, 0.5) is 0 Å². The van der Waals surface area contributed by atoms with Crippen molar-refractivity contribution in [1.82, 2.24) is 13.7 Å². The third kappa shape index (κ3) is 6.00. The van der Waals surface area contributed by atoms with Gasteiger partial charge in [-0.05, 0) is 98.6 Å². The highest BCUT2D eigenvalue weighted by atomic mass is 28.3. The van der Waals surface area contributed by atoms with Crippen molar-refractivity contribution in [1.29, 1.82) is 0 Å². The number of hydrogen-bond donors (Lipinski definition) is 0. The molecule has 0 fully saturated rings. The van der Waals surface area contributed by atoms with Crippen molar-refractivity contribution >= 4 is 94.2 Å². The first-order chi connectivity index (χ1) is 34.8. The highest BCUT2D eigenvalue weighted by Crippen LogP contribution is 2.42. The van der Waals surface area contributed by atoms with E-state index in [1.165, 1.54) is 97.3 Å². The average molecular weight is 908 g/mol. The lowest BCUT2D eigenvalue weighted by atomic mass is 9.98. The third-order valence-electron chi connectivity index (χ3n) is 14.8. The average Bonchev–Trinajstić information content (AvgIpc) is 4.08. The van der Waals surface area contributed by atoms with Crippen molar-refractivity contribution in [3.05, 3.63) is 273 Å². The van der Waals surface area contributed by atoms with Gasteiger partial charge in [0, 0.05) is 49.4 Å². The molecular formula is C66H45N3Si. The van der Waals surface area contributed by atoms with E-state index in [-0.39, 0.29) is 0 Å². The second kappa shape index (κ2) is 16.1. The van der Waals surface area contributed by atoms with Gasteiger partial charge in [-0.2, -0.15) is 0 Å². The summed E-state index contributed by atoms with van der Waals surface area (Å²) in [7, 11) is -2.79. The standard InChI is InChI=1S/C66H45N3Si/c1-5-21-47(22-6-1)67-60-35-16-13-31-55(60)57-41-39-46(43-64(57)67)54-34-20-38-63-66(54)59-33-15-18-37-62(59)68(63)49-40-42-58-56-32-14-17-36-61(56)69(65(58)45-49)48-23-19-30-53(44-48)70(50-24-7-2-8-25-50,51-26-9-3-10-27-51)52-28-11-4-12-29-52/h1-45H. The predicted octanol–water partition coefficient (Wildman–Crippen LogP) is 14.0. The zero-order chi connectivity index (χ0) is 46.2. The van der Waals surface area contributed by atoms with Gasteiger partial charge in [0.2, 0.25) is 0 Å². The lowest BCUT2D eigenvalue weighted by molar-refractivity contribution is 1.16. The van der Waals surface area contributed by atoms with Gasteiger partial charge in [-0.25, -0.2) is 0 Å².